The highest BCUT2D eigenvalue weighted by molar-refractivity contribution is 7.09. The van der Waals surface area contributed by atoms with E-state index in [4.69, 9.17) is 9.47 Å². The van der Waals surface area contributed by atoms with Crippen LogP contribution in [0.4, 0.5) is 5.69 Å². The van der Waals surface area contributed by atoms with Crippen molar-refractivity contribution in [2.45, 2.75) is 20.0 Å². The molecule has 6 nitrogen and oxygen atoms in total. The first kappa shape index (κ1) is 21.2. The van der Waals surface area contributed by atoms with Gasteiger partial charge in [0.25, 0.3) is 5.91 Å². The molecule has 4 rings (SSSR count). The Hall–Kier alpha value is -3.06. The van der Waals surface area contributed by atoms with Gasteiger partial charge in [0.05, 0.1) is 17.8 Å². The Labute approximate surface area is 187 Å². The normalized spacial score (nSPS) is 14.3. The summed E-state index contributed by atoms with van der Waals surface area (Å²) >= 11 is 1.61. The highest BCUT2D eigenvalue weighted by Crippen LogP contribution is 2.22. The van der Waals surface area contributed by atoms with Gasteiger partial charge in [-0.2, -0.15) is 0 Å². The van der Waals surface area contributed by atoms with Crippen molar-refractivity contribution >= 4 is 22.9 Å². The first-order valence-electron chi connectivity index (χ1n) is 10.4. The fourth-order valence-electron chi connectivity index (χ4n) is 3.68. The topological polar surface area (TPSA) is 54.9 Å². The minimum atomic E-state index is 0.0678. The van der Waals surface area contributed by atoms with Crippen molar-refractivity contribution in [3.05, 3.63) is 70.2 Å². The first-order chi connectivity index (χ1) is 15.1. The smallest absolute Gasteiger partial charge is 0.253 e. The van der Waals surface area contributed by atoms with Crippen LogP contribution in [-0.2, 0) is 6.61 Å². The maximum atomic E-state index is 13.0. The fraction of sp³-hybridized carbons (Fsp3) is 0.333. The molecule has 1 aliphatic rings. The molecule has 0 saturated carbocycles. The minimum absolute atomic E-state index is 0.0678. The van der Waals surface area contributed by atoms with E-state index in [9.17, 15) is 4.79 Å². The van der Waals surface area contributed by atoms with Gasteiger partial charge in [0, 0.05) is 42.8 Å². The number of nitrogens with zero attached hydrogens (tertiary/aromatic N) is 3. The Morgan fingerprint density at radius 1 is 1.00 bits per heavy atom. The quantitative estimate of drug-likeness (QED) is 0.572. The number of thiazole rings is 1. The highest BCUT2D eigenvalue weighted by Gasteiger charge is 2.20. The zero-order valence-corrected chi connectivity index (χ0v) is 18.7. The standard InChI is InChI=1S/C24H27N3O3S/c1-18-25-20(17-31-18)16-30-23-8-4-19(5-9-23)24(28)27-13-3-12-26(14-15-27)21-6-10-22(29-2)11-7-21/h4-11,17H,3,12-16H2,1-2H3. The molecule has 1 aliphatic heterocycles. The lowest BCUT2D eigenvalue weighted by atomic mass is 10.2. The number of aryl methyl sites for hydroxylation is 1. The number of benzene rings is 2. The van der Waals surface area contributed by atoms with E-state index in [1.165, 1.54) is 0 Å². The summed E-state index contributed by atoms with van der Waals surface area (Å²) in [7, 11) is 1.67. The zero-order chi connectivity index (χ0) is 21.6. The van der Waals surface area contributed by atoms with Crippen LogP contribution in [0.2, 0.25) is 0 Å². The first-order valence-corrected chi connectivity index (χ1v) is 11.3. The molecule has 0 aliphatic carbocycles. The summed E-state index contributed by atoms with van der Waals surface area (Å²) in [4.78, 5) is 21.7. The summed E-state index contributed by atoms with van der Waals surface area (Å²) in [5, 5.41) is 3.03. The van der Waals surface area contributed by atoms with Crippen LogP contribution in [0.1, 0.15) is 27.5 Å². The SMILES string of the molecule is COc1ccc(N2CCCN(C(=O)c3ccc(OCc4csc(C)n4)cc3)CC2)cc1. The average Bonchev–Trinajstić information content (AvgIpc) is 3.07. The molecule has 0 atom stereocenters. The zero-order valence-electron chi connectivity index (χ0n) is 17.9. The molecule has 2 aromatic carbocycles. The van der Waals surface area contributed by atoms with Crippen LogP contribution in [-0.4, -0.2) is 49.1 Å². The van der Waals surface area contributed by atoms with Crippen LogP contribution in [0.3, 0.4) is 0 Å². The Bertz CT molecular complexity index is 1000. The van der Waals surface area contributed by atoms with Crippen LogP contribution in [0.25, 0.3) is 0 Å². The number of amides is 1. The van der Waals surface area contributed by atoms with Gasteiger partial charge in [-0.25, -0.2) is 4.98 Å². The second-order valence-corrected chi connectivity index (χ2v) is 8.56. The predicted octanol–water partition coefficient (Wildman–Crippen LogP) is 4.39. The van der Waals surface area contributed by atoms with Gasteiger partial charge < -0.3 is 19.3 Å². The largest absolute Gasteiger partial charge is 0.497 e. The molecule has 1 fully saturated rings. The van der Waals surface area contributed by atoms with Crippen molar-refractivity contribution in [1.82, 2.24) is 9.88 Å². The Morgan fingerprint density at radius 2 is 1.74 bits per heavy atom. The average molecular weight is 438 g/mol. The molecule has 31 heavy (non-hydrogen) atoms. The molecule has 1 amide bonds. The molecule has 0 unspecified atom stereocenters. The predicted molar refractivity (Wildman–Crippen MR) is 123 cm³/mol. The number of rotatable bonds is 6. The van der Waals surface area contributed by atoms with Gasteiger partial charge >= 0.3 is 0 Å². The van der Waals surface area contributed by atoms with E-state index < -0.39 is 0 Å². The summed E-state index contributed by atoms with van der Waals surface area (Å²) < 4.78 is 11.0. The lowest BCUT2D eigenvalue weighted by Gasteiger charge is -2.24. The maximum absolute atomic E-state index is 13.0. The molecule has 3 aromatic rings. The van der Waals surface area contributed by atoms with Crippen LogP contribution < -0.4 is 14.4 Å². The van der Waals surface area contributed by atoms with Crippen molar-refractivity contribution in [3.63, 3.8) is 0 Å². The number of anilines is 1. The van der Waals surface area contributed by atoms with Crippen molar-refractivity contribution in [2.75, 3.05) is 38.2 Å². The lowest BCUT2D eigenvalue weighted by Crippen LogP contribution is -2.35. The Balaban J connectivity index is 1.33. The number of carbonyl (C=O) groups is 1. The van der Waals surface area contributed by atoms with E-state index in [0.29, 0.717) is 18.7 Å². The fourth-order valence-corrected chi connectivity index (χ4v) is 4.28. The van der Waals surface area contributed by atoms with Gasteiger partial charge in [-0.3, -0.25) is 4.79 Å². The molecule has 1 saturated heterocycles. The third kappa shape index (κ3) is 5.35. The van der Waals surface area contributed by atoms with Crippen molar-refractivity contribution in [2.24, 2.45) is 0 Å². The van der Waals surface area contributed by atoms with Crippen molar-refractivity contribution in [3.8, 4) is 11.5 Å². The lowest BCUT2D eigenvalue weighted by molar-refractivity contribution is 0.0767. The molecule has 0 spiro atoms. The third-order valence-electron chi connectivity index (χ3n) is 5.38. The van der Waals surface area contributed by atoms with Crippen molar-refractivity contribution < 1.29 is 14.3 Å². The second-order valence-electron chi connectivity index (χ2n) is 7.50. The third-order valence-corrected chi connectivity index (χ3v) is 6.20. The van der Waals surface area contributed by atoms with Gasteiger partial charge in [-0.1, -0.05) is 0 Å². The van der Waals surface area contributed by atoms with Crippen LogP contribution >= 0.6 is 11.3 Å². The number of hydrogen-bond donors (Lipinski definition) is 0. The summed E-state index contributed by atoms with van der Waals surface area (Å²) in [6, 6.07) is 15.5. The van der Waals surface area contributed by atoms with Crippen molar-refractivity contribution in [1.29, 1.82) is 0 Å². The van der Waals surface area contributed by atoms with Gasteiger partial charge in [0.2, 0.25) is 0 Å². The molecule has 1 aromatic heterocycles. The van der Waals surface area contributed by atoms with Gasteiger partial charge in [0.1, 0.15) is 18.1 Å². The number of ether oxygens (including phenoxy) is 2. The number of hydrogen-bond acceptors (Lipinski definition) is 6. The number of aromatic nitrogens is 1. The van der Waals surface area contributed by atoms with E-state index in [1.54, 1.807) is 18.4 Å². The second kappa shape index (κ2) is 9.83. The van der Waals surface area contributed by atoms with Crippen LogP contribution in [0, 0.1) is 6.92 Å². The van der Waals surface area contributed by atoms with Gasteiger partial charge in [0.15, 0.2) is 0 Å². The molecule has 7 heteroatoms. The molecule has 2 heterocycles. The highest BCUT2D eigenvalue weighted by atomic mass is 32.1. The summed E-state index contributed by atoms with van der Waals surface area (Å²) in [6.07, 6.45) is 0.937. The molecule has 162 valence electrons. The number of methoxy groups -OCH3 is 1. The minimum Gasteiger partial charge on any atom is -0.497 e. The molecular formula is C24H27N3O3S. The Kier molecular flexibility index (Phi) is 6.72. The van der Waals surface area contributed by atoms with Gasteiger partial charge in [-0.15, -0.1) is 11.3 Å². The summed E-state index contributed by atoms with van der Waals surface area (Å²) in [6.45, 7) is 5.61. The maximum Gasteiger partial charge on any atom is 0.253 e. The molecule has 0 radical (unpaired) electrons. The molecule has 0 N–H and O–H groups in total. The van der Waals surface area contributed by atoms with Crippen LogP contribution in [0.5, 0.6) is 11.5 Å². The van der Waals surface area contributed by atoms with Gasteiger partial charge in [-0.05, 0) is 61.9 Å². The monoisotopic (exact) mass is 437 g/mol. The summed E-state index contributed by atoms with van der Waals surface area (Å²) in [5.41, 5.74) is 2.77. The molecule has 0 bridgehead atoms. The van der Waals surface area contributed by atoms with E-state index in [-0.39, 0.29) is 5.91 Å². The Morgan fingerprint density at radius 3 is 2.42 bits per heavy atom. The van der Waals surface area contributed by atoms with E-state index in [1.807, 2.05) is 53.6 Å². The summed E-state index contributed by atoms with van der Waals surface area (Å²) in [5.74, 6) is 1.66. The van der Waals surface area contributed by atoms with E-state index in [2.05, 4.69) is 22.0 Å². The number of carbonyl (C=O) groups excluding carboxylic acids is 1. The van der Waals surface area contributed by atoms with E-state index in [0.717, 1.165) is 53.9 Å². The molecular weight excluding hydrogens is 410 g/mol. The van der Waals surface area contributed by atoms with E-state index >= 15 is 0 Å². The van der Waals surface area contributed by atoms with Crippen LogP contribution in [0.15, 0.2) is 53.9 Å².